The first-order valence-corrected chi connectivity index (χ1v) is 15.2. The summed E-state index contributed by atoms with van der Waals surface area (Å²) in [6.45, 7) is 14.0. The lowest BCUT2D eigenvalue weighted by molar-refractivity contribution is -0.128. The number of nitrogens with one attached hydrogen (secondary N) is 1. The Balaban J connectivity index is 1.85. The Labute approximate surface area is 270 Å². The second kappa shape index (κ2) is 12.9. The van der Waals surface area contributed by atoms with Crippen LogP contribution in [0.4, 0.5) is 20.7 Å². The van der Waals surface area contributed by atoms with E-state index < -0.39 is 17.6 Å². The maximum atomic E-state index is 15.6. The molecule has 3 aromatic heterocycles. The highest BCUT2D eigenvalue weighted by Crippen LogP contribution is 2.39. The van der Waals surface area contributed by atoms with Crippen molar-refractivity contribution in [2.24, 2.45) is 0 Å². The van der Waals surface area contributed by atoms with Crippen LogP contribution in [0.25, 0.3) is 28.0 Å². The maximum absolute atomic E-state index is 15.6. The molecular weight excluding hydrogens is 613 g/mol. The minimum absolute atomic E-state index is 0.000532. The van der Waals surface area contributed by atoms with Crippen molar-refractivity contribution in [2.75, 3.05) is 30.4 Å². The van der Waals surface area contributed by atoms with E-state index in [1.54, 1.807) is 23.2 Å². The summed E-state index contributed by atoms with van der Waals surface area (Å²) in [6.07, 6.45) is 2.15. The summed E-state index contributed by atoms with van der Waals surface area (Å²) >= 11 is 6.88. The Hall–Kier alpha value is -4.84. The Morgan fingerprint density at radius 1 is 1.17 bits per heavy atom. The molecule has 1 aromatic carbocycles. The average molecular weight is 648 g/mol. The summed E-state index contributed by atoms with van der Waals surface area (Å²) in [6, 6.07) is 7.09. The molecular formula is C33H35ClFN7O4. The smallest absolute Gasteiger partial charge is 0.411 e. The number of methoxy groups -OCH3 is 1. The first-order valence-electron chi connectivity index (χ1n) is 14.8. The fourth-order valence-electron chi connectivity index (χ4n) is 5.86. The predicted molar refractivity (Wildman–Crippen MR) is 176 cm³/mol. The van der Waals surface area contributed by atoms with Crippen LogP contribution in [0.3, 0.4) is 0 Å². The summed E-state index contributed by atoms with van der Waals surface area (Å²) in [5.41, 5.74) is 1.46. The number of carbonyl (C=O) groups is 2. The molecule has 0 spiro atoms. The van der Waals surface area contributed by atoms with E-state index in [9.17, 15) is 14.4 Å². The fraction of sp³-hybridized carbons (Fsp3) is 0.333. The van der Waals surface area contributed by atoms with Crippen LogP contribution in [-0.2, 0) is 9.53 Å². The molecule has 46 heavy (non-hydrogen) atoms. The number of carbonyl (C=O) groups excluding carboxylic acids is 2. The number of nitrogens with zero attached hydrogens (tertiary/aromatic N) is 6. The Kier molecular flexibility index (Phi) is 9.11. The third kappa shape index (κ3) is 5.80. The Morgan fingerprint density at radius 3 is 2.59 bits per heavy atom. The highest BCUT2D eigenvalue weighted by molar-refractivity contribution is 6.34. The van der Waals surface area contributed by atoms with Crippen LogP contribution < -0.4 is 15.9 Å². The van der Waals surface area contributed by atoms with Crippen LogP contribution in [0.2, 0.25) is 5.02 Å². The molecule has 1 fully saturated rings. The van der Waals surface area contributed by atoms with Crippen LogP contribution in [-0.4, -0.2) is 68.7 Å². The van der Waals surface area contributed by atoms with Gasteiger partial charge < -0.3 is 14.5 Å². The summed E-state index contributed by atoms with van der Waals surface area (Å²) in [5, 5.41) is 3.02. The molecule has 0 bridgehead atoms. The van der Waals surface area contributed by atoms with Gasteiger partial charge in [-0.3, -0.25) is 15.1 Å². The van der Waals surface area contributed by atoms with Crippen molar-refractivity contribution >= 4 is 46.1 Å². The predicted octanol–water partition coefficient (Wildman–Crippen LogP) is 5.86. The van der Waals surface area contributed by atoms with Crippen molar-refractivity contribution in [1.82, 2.24) is 24.4 Å². The second-order valence-corrected chi connectivity index (χ2v) is 12.0. The zero-order valence-electron chi connectivity index (χ0n) is 26.5. The standard InChI is InChI=1S/C33H35ClFN7O4/c1-8-25(43)40-15-20(6)41(16-19(40)5)30-21-14-22(34)28(26-23(35)10-9-11-24(26)37-33(45)46-7)38-31(21)42(32(44)39-30)29-18(4)12-13-36-27(29)17(2)3/h8-14,17,19-20H,1,15-16H2,2-7H3,(H,37,45)/t19-,20+/m1/s1. The van der Waals surface area contributed by atoms with Gasteiger partial charge in [0, 0.05) is 31.4 Å². The summed E-state index contributed by atoms with van der Waals surface area (Å²) in [7, 11) is 1.19. The number of ether oxygens (including phenoxy) is 1. The number of hydrogen-bond acceptors (Lipinski definition) is 8. The maximum Gasteiger partial charge on any atom is 0.411 e. The van der Waals surface area contributed by atoms with E-state index in [4.69, 9.17) is 21.3 Å². The molecule has 1 aliphatic rings. The summed E-state index contributed by atoms with van der Waals surface area (Å²) < 4.78 is 21.7. The summed E-state index contributed by atoms with van der Waals surface area (Å²) in [4.78, 5) is 56.6. The van der Waals surface area contributed by atoms with Gasteiger partial charge >= 0.3 is 11.8 Å². The van der Waals surface area contributed by atoms with E-state index in [-0.39, 0.29) is 51.5 Å². The minimum atomic E-state index is -0.808. The molecule has 4 aromatic rings. The van der Waals surface area contributed by atoms with Crippen LogP contribution in [0.1, 0.15) is 44.9 Å². The van der Waals surface area contributed by atoms with Crippen molar-refractivity contribution in [3.05, 3.63) is 81.8 Å². The van der Waals surface area contributed by atoms with E-state index in [0.717, 1.165) is 5.56 Å². The van der Waals surface area contributed by atoms with Crippen molar-refractivity contribution in [1.29, 1.82) is 0 Å². The number of anilines is 2. The van der Waals surface area contributed by atoms with Gasteiger partial charge in [-0.2, -0.15) is 4.98 Å². The number of hydrogen-bond donors (Lipinski definition) is 1. The topological polar surface area (TPSA) is 123 Å². The van der Waals surface area contributed by atoms with Gasteiger partial charge in [0.2, 0.25) is 5.91 Å². The molecule has 11 nitrogen and oxygen atoms in total. The van der Waals surface area contributed by atoms with Crippen molar-refractivity contribution in [3.63, 3.8) is 0 Å². The third-order valence-corrected chi connectivity index (χ3v) is 8.40. The Bertz CT molecular complexity index is 1930. The number of amides is 2. The van der Waals surface area contributed by atoms with Gasteiger partial charge in [-0.15, -0.1) is 0 Å². The molecule has 1 N–H and O–H groups in total. The summed E-state index contributed by atoms with van der Waals surface area (Å²) in [5.74, 6) is -0.619. The van der Waals surface area contributed by atoms with Gasteiger partial charge in [0.1, 0.15) is 11.6 Å². The molecule has 0 radical (unpaired) electrons. The highest BCUT2D eigenvalue weighted by atomic mass is 35.5. The third-order valence-electron chi connectivity index (χ3n) is 8.11. The monoisotopic (exact) mass is 647 g/mol. The van der Waals surface area contributed by atoms with Gasteiger partial charge in [0.15, 0.2) is 5.65 Å². The van der Waals surface area contributed by atoms with Crippen molar-refractivity contribution < 1.29 is 18.7 Å². The molecule has 1 saturated heterocycles. The SMILES string of the molecule is C=CC(=O)N1C[C@H](C)N(c2nc(=O)n(-c3c(C)ccnc3C(C)C)c3nc(-c4c(F)cccc4NC(=O)OC)c(Cl)cc23)C[C@H]1C. The van der Waals surface area contributed by atoms with E-state index in [1.165, 1.54) is 36.0 Å². The molecule has 2 atom stereocenters. The van der Waals surface area contributed by atoms with Crippen LogP contribution in [0.5, 0.6) is 0 Å². The van der Waals surface area contributed by atoms with E-state index in [1.807, 2.05) is 39.5 Å². The number of piperazine rings is 1. The molecule has 0 unspecified atom stereocenters. The zero-order valence-corrected chi connectivity index (χ0v) is 27.2. The van der Waals surface area contributed by atoms with E-state index in [2.05, 4.69) is 21.9 Å². The number of rotatable bonds is 6. The normalized spacial score (nSPS) is 16.5. The number of benzene rings is 1. The largest absolute Gasteiger partial charge is 0.453 e. The zero-order chi connectivity index (χ0) is 33.4. The van der Waals surface area contributed by atoms with Crippen LogP contribution in [0, 0.1) is 12.7 Å². The van der Waals surface area contributed by atoms with E-state index >= 15 is 4.39 Å². The Morgan fingerprint density at radius 2 is 1.91 bits per heavy atom. The second-order valence-electron chi connectivity index (χ2n) is 11.6. The van der Waals surface area contributed by atoms with Crippen molar-refractivity contribution in [2.45, 2.75) is 52.6 Å². The minimum Gasteiger partial charge on any atom is -0.453 e. The highest BCUT2D eigenvalue weighted by Gasteiger charge is 2.34. The molecule has 13 heteroatoms. The number of aryl methyl sites for hydroxylation is 1. The van der Waals surface area contributed by atoms with Gasteiger partial charge in [0.05, 0.1) is 45.8 Å². The van der Waals surface area contributed by atoms with Gasteiger partial charge in [-0.1, -0.05) is 38.1 Å². The quantitative estimate of drug-likeness (QED) is 0.258. The average Bonchev–Trinajstić information content (AvgIpc) is 3.01. The molecule has 1 aliphatic heterocycles. The lowest BCUT2D eigenvalue weighted by Crippen LogP contribution is -2.58. The number of pyridine rings is 2. The fourth-order valence-corrected chi connectivity index (χ4v) is 6.11. The van der Waals surface area contributed by atoms with Crippen LogP contribution >= 0.6 is 11.6 Å². The number of halogens is 2. The molecule has 240 valence electrons. The first-order chi connectivity index (χ1) is 21.9. The van der Waals surface area contributed by atoms with Crippen molar-refractivity contribution in [3.8, 4) is 16.9 Å². The van der Waals surface area contributed by atoms with Gasteiger partial charge in [-0.05, 0) is 62.6 Å². The van der Waals surface area contributed by atoms with Gasteiger partial charge in [-0.25, -0.2) is 23.5 Å². The van der Waals surface area contributed by atoms with Crippen LogP contribution in [0.15, 0.2) is 54.0 Å². The number of aromatic nitrogens is 4. The first kappa shape index (κ1) is 32.6. The molecule has 0 aliphatic carbocycles. The van der Waals surface area contributed by atoms with E-state index in [0.29, 0.717) is 35.7 Å². The molecule has 5 rings (SSSR count). The molecule has 0 saturated carbocycles. The lowest BCUT2D eigenvalue weighted by atomic mass is 10.0. The lowest BCUT2D eigenvalue weighted by Gasteiger charge is -2.44. The number of fused-ring (bicyclic) bond motifs is 1. The van der Waals surface area contributed by atoms with Gasteiger partial charge in [0.25, 0.3) is 0 Å². The molecule has 4 heterocycles. The molecule has 2 amide bonds.